The molecule has 1 amide bonds. The second-order valence-corrected chi connectivity index (χ2v) is 5.66. The summed E-state index contributed by atoms with van der Waals surface area (Å²) in [7, 11) is 0. The summed E-state index contributed by atoms with van der Waals surface area (Å²) in [6.07, 6.45) is 2.14. The van der Waals surface area contributed by atoms with Crippen molar-refractivity contribution in [1.29, 1.82) is 0 Å². The van der Waals surface area contributed by atoms with Crippen LogP contribution in [0.1, 0.15) is 44.0 Å². The summed E-state index contributed by atoms with van der Waals surface area (Å²) in [5, 5.41) is 0. The third-order valence-corrected chi connectivity index (χ3v) is 3.96. The Balaban J connectivity index is 2.15. The van der Waals surface area contributed by atoms with Crippen molar-refractivity contribution in [3.63, 3.8) is 0 Å². The van der Waals surface area contributed by atoms with Crippen molar-refractivity contribution in [2.75, 3.05) is 18.9 Å². The standard InChI is InChI=1S/C16H24N2O2/c1-4-20-15-6-5-13(10-14(15)17)16(19)18-8-7-11(2)9-12(18)3/h5-6,10-12H,4,7-9,17H2,1-3H3. The largest absolute Gasteiger partial charge is 0.492 e. The van der Waals surface area contributed by atoms with Gasteiger partial charge < -0.3 is 15.4 Å². The van der Waals surface area contributed by atoms with Crippen molar-refractivity contribution in [2.45, 2.75) is 39.7 Å². The Kier molecular flexibility index (Phi) is 4.53. The van der Waals surface area contributed by atoms with Crippen LogP contribution in [0, 0.1) is 5.92 Å². The molecule has 4 nitrogen and oxygen atoms in total. The van der Waals surface area contributed by atoms with Gasteiger partial charge in [0.15, 0.2) is 0 Å². The van der Waals surface area contributed by atoms with Crippen LogP contribution < -0.4 is 10.5 Å². The molecule has 2 unspecified atom stereocenters. The van der Waals surface area contributed by atoms with Crippen LogP contribution in [0.4, 0.5) is 5.69 Å². The van der Waals surface area contributed by atoms with Crippen LogP contribution >= 0.6 is 0 Å². The number of amides is 1. The fourth-order valence-corrected chi connectivity index (χ4v) is 2.84. The Morgan fingerprint density at radius 1 is 1.45 bits per heavy atom. The highest BCUT2D eigenvalue weighted by Crippen LogP contribution is 2.27. The Bertz CT molecular complexity index is 487. The number of rotatable bonds is 3. The van der Waals surface area contributed by atoms with E-state index in [1.54, 1.807) is 18.2 Å². The minimum absolute atomic E-state index is 0.0687. The van der Waals surface area contributed by atoms with Gasteiger partial charge in [-0.05, 0) is 50.8 Å². The van der Waals surface area contributed by atoms with E-state index in [4.69, 9.17) is 10.5 Å². The zero-order chi connectivity index (χ0) is 14.7. The fraction of sp³-hybridized carbons (Fsp3) is 0.562. The van der Waals surface area contributed by atoms with Gasteiger partial charge in [-0.1, -0.05) is 6.92 Å². The highest BCUT2D eigenvalue weighted by Gasteiger charge is 2.27. The summed E-state index contributed by atoms with van der Waals surface area (Å²) >= 11 is 0. The summed E-state index contributed by atoms with van der Waals surface area (Å²) in [5.41, 5.74) is 7.11. The number of ether oxygens (including phenoxy) is 1. The number of nitrogens with zero attached hydrogens (tertiary/aromatic N) is 1. The molecule has 2 rings (SSSR count). The fourth-order valence-electron chi connectivity index (χ4n) is 2.84. The number of likely N-dealkylation sites (tertiary alicyclic amines) is 1. The summed E-state index contributed by atoms with van der Waals surface area (Å²) < 4.78 is 5.40. The van der Waals surface area contributed by atoms with E-state index in [9.17, 15) is 4.79 Å². The van der Waals surface area contributed by atoms with Gasteiger partial charge in [-0.25, -0.2) is 0 Å². The predicted octanol–water partition coefficient (Wildman–Crippen LogP) is 2.93. The van der Waals surface area contributed by atoms with Gasteiger partial charge in [0, 0.05) is 18.2 Å². The molecule has 2 atom stereocenters. The molecule has 1 aromatic carbocycles. The minimum Gasteiger partial charge on any atom is -0.492 e. The number of carbonyl (C=O) groups excluding carboxylic acids is 1. The van der Waals surface area contributed by atoms with Crippen LogP contribution in [0.15, 0.2) is 18.2 Å². The lowest BCUT2D eigenvalue weighted by atomic mass is 9.93. The molecule has 1 aromatic rings. The molecule has 20 heavy (non-hydrogen) atoms. The second kappa shape index (κ2) is 6.16. The zero-order valence-corrected chi connectivity index (χ0v) is 12.6. The van der Waals surface area contributed by atoms with Gasteiger partial charge in [-0.15, -0.1) is 0 Å². The summed E-state index contributed by atoms with van der Waals surface area (Å²) in [6, 6.07) is 5.59. The van der Waals surface area contributed by atoms with Crippen LogP contribution in [-0.2, 0) is 0 Å². The second-order valence-electron chi connectivity index (χ2n) is 5.66. The van der Waals surface area contributed by atoms with Crippen molar-refractivity contribution < 1.29 is 9.53 Å². The van der Waals surface area contributed by atoms with Crippen LogP contribution in [0.3, 0.4) is 0 Å². The average Bonchev–Trinajstić information content (AvgIpc) is 2.40. The number of benzene rings is 1. The van der Waals surface area contributed by atoms with E-state index in [0.29, 0.717) is 35.6 Å². The van der Waals surface area contributed by atoms with E-state index < -0.39 is 0 Å². The van der Waals surface area contributed by atoms with E-state index in [1.807, 2.05) is 11.8 Å². The molecule has 110 valence electrons. The van der Waals surface area contributed by atoms with E-state index in [-0.39, 0.29) is 5.91 Å². The van der Waals surface area contributed by atoms with Gasteiger partial charge in [0.1, 0.15) is 5.75 Å². The van der Waals surface area contributed by atoms with Gasteiger partial charge in [-0.3, -0.25) is 4.79 Å². The average molecular weight is 276 g/mol. The highest BCUT2D eigenvalue weighted by molar-refractivity contribution is 5.95. The SMILES string of the molecule is CCOc1ccc(C(=O)N2CCC(C)CC2C)cc1N. The first-order chi connectivity index (χ1) is 9.52. The van der Waals surface area contributed by atoms with Gasteiger partial charge in [0.25, 0.3) is 5.91 Å². The molecule has 0 saturated carbocycles. The van der Waals surface area contributed by atoms with Crippen LogP contribution in [0.2, 0.25) is 0 Å². The molecular weight excluding hydrogens is 252 g/mol. The lowest BCUT2D eigenvalue weighted by Gasteiger charge is -2.36. The van der Waals surface area contributed by atoms with E-state index in [1.165, 1.54) is 0 Å². The zero-order valence-electron chi connectivity index (χ0n) is 12.6. The molecule has 0 bridgehead atoms. The molecule has 1 aliphatic rings. The Labute approximate surface area is 120 Å². The van der Waals surface area contributed by atoms with Gasteiger partial charge >= 0.3 is 0 Å². The van der Waals surface area contributed by atoms with E-state index >= 15 is 0 Å². The predicted molar refractivity (Wildman–Crippen MR) is 80.9 cm³/mol. The van der Waals surface area contributed by atoms with Crippen LogP contribution in [0.5, 0.6) is 5.75 Å². The maximum absolute atomic E-state index is 12.6. The molecular formula is C16H24N2O2. The molecule has 1 saturated heterocycles. The number of nitrogens with two attached hydrogens (primary N) is 1. The monoisotopic (exact) mass is 276 g/mol. The Morgan fingerprint density at radius 2 is 2.20 bits per heavy atom. The van der Waals surface area contributed by atoms with Gasteiger partial charge in [0.2, 0.25) is 0 Å². The summed E-state index contributed by atoms with van der Waals surface area (Å²) in [5.74, 6) is 1.41. The molecule has 2 N–H and O–H groups in total. The first-order valence-electron chi connectivity index (χ1n) is 7.36. The number of nitrogen functional groups attached to an aromatic ring is 1. The Morgan fingerprint density at radius 3 is 2.80 bits per heavy atom. The summed E-state index contributed by atoms with van der Waals surface area (Å²) in [4.78, 5) is 14.5. The number of hydrogen-bond acceptors (Lipinski definition) is 3. The molecule has 0 aromatic heterocycles. The molecule has 1 heterocycles. The van der Waals surface area contributed by atoms with E-state index in [0.717, 1.165) is 19.4 Å². The van der Waals surface area contributed by atoms with Gasteiger partial charge in [-0.2, -0.15) is 0 Å². The number of carbonyl (C=O) groups is 1. The number of piperidine rings is 1. The minimum atomic E-state index is 0.0687. The molecule has 0 aliphatic carbocycles. The van der Waals surface area contributed by atoms with Crippen molar-refractivity contribution in [2.24, 2.45) is 5.92 Å². The van der Waals surface area contributed by atoms with Gasteiger partial charge in [0.05, 0.1) is 12.3 Å². The third kappa shape index (κ3) is 3.06. The molecule has 1 fully saturated rings. The smallest absolute Gasteiger partial charge is 0.254 e. The topological polar surface area (TPSA) is 55.6 Å². The third-order valence-electron chi connectivity index (χ3n) is 3.96. The van der Waals surface area contributed by atoms with Crippen LogP contribution in [-0.4, -0.2) is 30.0 Å². The van der Waals surface area contributed by atoms with Crippen LogP contribution in [0.25, 0.3) is 0 Å². The maximum Gasteiger partial charge on any atom is 0.254 e. The molecule has 1 aliphatic heterocycles. The molecule has 0 radical (unpaired) electrons. The highest BCUT2D eigenvalue weighted by atomic mass is 16.5. The summed E-state index contributed by atoms with van der Waals surface area (Å²) in [6.45, 7) is 7.67. The first-order valence-corrected chi connectivity index (χ1v) is 7.36. The van der Waals surface area contributed by atoms with Crippen molar-refractivity contribution in [1.82, 2.24) is 4.90 Å². The normalized spacial score (nSPS) is 22.6. The number of anilines is 1. The van der Waals surface area contributed by atoms with Crippen molar-refractivity contribution >= 4 is 11.6 Å². The molecule has 4 heteroatoms. The maximum atomic E-state index is 12.6. The quantitative estimate of drug-likeness (QED) is 0.864. The molecule has 0 spiro atoms. The van der Waals surface area contributed by atoms with Crippen molar-refractivity contribution in [3.05, 3.63) is 23.8 Å². The number of hydrogen-bond donors (Lipinski definition) is 1. The Hall–Kier alpha value is -1.71. The van der Waals surface area contributed by atoms with Crippen molar-refractivity contribution in [3.8, 4) is 5.75 Å². The van der Waals surface area contributed by atoms with E-state index in [2.05, 4.69) is 13.8 Å². The lowest BCUT2D eigenvalue weighted by Crippen LogP contribution is -2.44. The lowest BCUT2D eigenvalue weighted by molar-refractivity contribution is 0.0588. The first kappa shape index (κ1) is 14.7.